The van der Waals surface area contributed by atoms with Gasteiger partial charge in [0.25, 0.3) is 0 Å². The minimum absolute atomic E-state index is 0.608. The molecule has 0 atom stereocenters. The zero-order valence-corrected chi connectivity index (χ0v) is 8.66. The summed E-state index contributed by atoms with van der Waals surface area (Å²) in [5.74, 6) is 0. The summed E-state index contributed by atoms with van der Waals surface area (Å²) in [6, 6.07) is 2.24. The van der Waals surface area contributed by atoms with Crippen LogP contribution in [0.4, 0.5) is 0 Å². The molecule has 2 rings (SSSR count). The third-order valence-electron chi connectivity index (χ3n) is 2.50. The van der Waals surface area contributed by atoms with Crippen molar-refractivity contribution in [2.75, 3.05) is 6.26 Å². The highest BCUT2D eigenvalue weighted by molar-refractivity contribution is 7.98. The monoisotopic (exact) mass is 194 g/mol. The molecule has 0 aliphatic heterocycles. The number of hydrogen-bond donors (Lipinski definition) is 1. The molecular weight excluding hydrogens is 180 g/mol. The molecule has 70 valence electrons. The fourth-order valence-electron chi connectivity index (χ4n) is 1.82. The van der Waals surface area contributed by atoms with E-state index in [1.165, 1.54) is 29.7 Å². The van der Waals surface area contributed by atoms with Gasteiger partial charge < -0.3 is 5.73 Å². The molecule has 1 aliphatic rings. The van der Waals surface area contributed by atoms with Crippen LogP contribution in [0.5, 0.6) is 0 Å². The van der Waals surface area contributed by atoms with Gasteiger partial charge in [0.1, 0.15) is 5.03 Å². The van der Waals surface area contributed by atoms with Crippen molar-refractivity contribution < 1.29 is 0 Å². The number of hydrogen-bond acceptors (Lipinski definition) is 3. The van der Waals surface area contributed by atoms with Crippen molar-refractivity contribution in [2.45, 2.75) is 30.8 Å². The molecule has 1 aliphatic carbocycles. The van der Waals surface area contributed by atoms with Gasteiger partial charge in [-0.05, 0) is 36.6 Å². The van der Waals surface area contributed by atoms with E-state index in [9.17, 15) is 0 Å². The molecule has 0 radical (unpaired) electrons. The zero-order chi connectivity index (χ0) is 9.26. The minimum Gasteiger partial charge on any atom is -0.326 e. The van der Waals surface area contributed by atoms with E-state index in [0.717, 1.165) is 11.4 Å². The first kappa shape index (κ1) is 9.03. The van der Waals surface area contributed by atoms with Crippen LogP contribution in [0.2, 0.25) is 0 Å². The van der Waals surface area contributed by atoms with E-state index < -0.39 is 0 Å². The van der Waals surface area contributed by atoms with E-state index in [2.05, 4.69) is 17.3 Å². The van der Waals surface area contributed by atoms with Crippen LogP contribution in [0, 0.1) is 0 Å². The van der Waals surface area contributed by atoms with Gasteiger partial charge in [0.05, 0.1) is 0 Å². The summed E-state index contributed by atoms with van der Waals surface area (Å²) in [6.07, 6.45) is 5.64. The van der Waals surface area contributed by atoms with E-state index in [4.69, 9.17) is 5.73 Å². The Hall–Kier alpha value is -0.540. The van der Waals surface area contributed by atoms with Crippen molar-refractivity contribution >= 4 is 11.8 Å². The highest BCUT2D eigenvalue weighted by Crippen LogP contribution is 2.26. The lowest BCUT2D eigenvalue weighted by atomic mass is 10.1. The van der Waals surface area contributed by atoms with Gasteiger partial charge in [-0.15, -0.1) is 11.8 Å². The average Bonchev–Trinajstić information content (AvgIpc) is 2.62. The largest absolute Gasteiger partial charge is 0.326 e. The average molecular weight is 194 g/mol. The summed E-state index contributed by atoms with van der Waals surface area (Å²) in [6.45, 7) is 0.608. The number of thioether (sulfide) groups is 1. The van der Waals surface area contributed by atoms with Crippen molar-refractivity contribution in [3.8, 4) is 0 Å². The second-order valence-corrected chi connectivity index (χ2v) is 4.12. The number of aryl methyl sites for hydroxylation is 2. The maximum atomic E-state index is 5.67. The fourth-order valence-corrected chi connectivity index (χ4v) is 2.43. The number of rotatable bonds is 2. The number of fused-ring (bicyclic) bond motifs is 1. The Labute approximate surface area is 82.9 Å². The second kappa shape index (κ2) is 3.68. The van der Waals surface area contributed by atoms with Gasteiger partial charge in [-0.3, -0.25) is 0 Å². The molecule has 13 heavy (non-hydrogen) atoms. The van der Waals surface area contributed by atoms with E-state index in [-0.39, 0.29) is 0 Å². The molecule has 3 heteroatoms. The van der Waals surface area contributed by atoms with Crippen molar-refractivity contribution in [3.05, 3.63) is 22.9 Å². The molecular formula is C10H14N2S. The van der Waals surface area contributed by atoms with Gasteiger partial charge in [0.15, 0.2) is 0 Å². The number of aromatic nitrogens is 1. The first-order valence-corrected chi connectivity index (χ1v) is 5.83. The Morgan fingerprint density at radius 3 is 3.08 bits per heavy atom. The van der Waals surface area contributed by atoms with Gasteiger partial charge in [-0.1, -0.05) is 6.07 Å². The van der Waals surface area contributed by atoms with Crippen molar-refractivity contribution in [1.29, 1.82) is 0 Å². The van der Waals surface area contributed by atoms with Crippen LogP contribution in [0.25, 0.3) is 0 Å². The molecule has 1 aromatic heterocycles. The lowest BCUT2D eigenvalue weighted by Crippen LogP contribution is -2.02. The van der Waals surface area contributed by atoms with E-state index in [1.807, 2.05) is 0 Å². The van der Waals surface area contributed by atoms with E-state index >= 15 is 0 Å². The standard InChI is InChI=1S/C10H14N2S/c1-13-10-8(6-11)5-7-3-2-4-9(7)12-10/h5H,2-4,6,11H2,1H3. The molecule has 2 nitrogen and oxygen atoms in total. The van der Waals surface area contributed by atoms with Crippen LogP contribution in [0.15, 0.2) is 11.1 Å². The minimum atomic E-state index is 0.608. The molecule has 2 N–H and O–H groups in total. The number of nitrogens with zero attached hydrogens (tertiary/aromatic N) is 1. The smallest absolute Gasteiger partial charge is 0.101 e. The van der Waals surface area contributed by atoms with Crippen LogP contribution >= 0.6 is 11.8 Å². The van der Waals surface area contributed by atoms with Crippen molar-refractivity contribution in [3.63, 3.8) is 0 Å². The van der Waals surface area contributed by atoms with Gasteiger partial charge in [-0.2, -0.15) is 0 Å². The van der Waals surface area contributed by atoms with Crippen LogP contribution in [-0.4, -0.2) is 11.2 Å². The van der Waals surface area contributed by atoms with Gasteiger partial charge >= 0.3 is 0 Å². The number of nitrogens with two attached hydrogens (primary N) is 1. The second-order valence-electron chi connectivity index (χ2n) is 3.32. The maximum absolute atomic E-state index is 5.67. The van der Waals surface area contributed by atoms with E-state index in [1.54, 1.807) is 11.8 Å². The van der Waals surface area contributed by atoms with Crippen molar-refractivity contribution in [1.82, 2.24) is 4.98 Å². The van der Waals surface area contributed by atoms with Crippen LogP contribution in [0.3, 0.4) is 0 Å². The molecule has 0 unspecified atom stereocenters. The molecule has 1 heterocycles. The molecule has 0 aromatic carbocycles. The first-order chi connectivity index (χ1) is 6.35. The topological polar surface area (TPSA) is 38.9 Å². The third kappa shape index (κ3) is 1.58. The van der Waals surface area contributed by atoms with Gasteiger partial charge in [-0.25, -0.2) is 4.98 Å². The fraction of sp³-hybridized carbons (Fsp3) is 0.500. The molecule has 0 fully saturated rings. The Bertz CT molecular complexity index is 292. The Balaban J connectivity index is 2.47. The SMILES string of the molecule is CSc1nc2c(cc1CN)CCC2. The maximum Gasteiger partial charge on any atom is 0.101 e. The summed E-state index contributed by atoms with van der Waals surface area (Å²) < 4.78 is 0. The summed E-state index contributed by atoms with van der Waals surface area (Å²) >= 11 is 1.69. The van der Waals surface area contributed by atoms with Crippen molar-refractivity contribution in [2.24, 2.45) is 5.73 Å². The van der Waals surface area contributed by atoms with Crippen LogP contribution in [-0.2, 0) is 19.4 Å². The van der Waals surface area contributed by atoms with Crippen LogP contribution < -0.4 is 5.73 Å². The Morgan fingerprint density at radius 2 is 2.38 bits per heavy atom. The predicted molar refractivity (Wildman–Crippen MR) is 55.9 cm³/mol. The predicted octanol–water partition coefficient (Wildman–Crippen LogP) is 1.75. The first-order valence-electron chi connectivity index (χ1n) is 4.61. The Morgan fingerprint density at radius 1 is 1.54 bits per heavy atom. The quantitative estimate of drug-likeness (QED) is 0.729. The van der Waals surface area contributed by atoms with Gasteiger partial charge in [0.2, 0.25) is 0 Å². The summed E-state index contributed by atoms with van der Waals surface area (Å²) in [4.78, 5) is 4.63. The van der Waals surface area contributed by atoms with E-state index in [0.29, 0.717) is 6.54 Å². The zero-order valence-electron chi connectivity index (χ0n) is 7.84. The molecule has 0 saturated heterocycles. The molecule has 0 spiro atoms. The summed E-state index contributed by atoms with van der Waals surface area (Å²) in [5, 5.41) is 1.11. The Kier molecular flexibility index (Phi) is 2.56. The highest BCUT2D eigenvalue weighted by atomic mass is 32.2. The van der Waals surface area contributed by atoms with Gasteiger partial charge in [0, 0.05) is 12.2 Å². The molecule has 0 saturated carbocycles. The molecule has 0 bridgehead atoms. The summed E-state index contributed by atoms with van der Waals surface area (Å²) in [5.41, 5.74) is 9.58. The summed E-state index contributed by atoms with van der Waals surface area (Å²) in [7, 11) is 0. The number of pyridine rings is 1. The highest BCUT2D eigenvalue weighted by Gasteiger charge is 2.14. The van der Waals surface area contributed by atoms with Crippen LogP contribution in [0.1, 0.15) is 23.2 Å². The lowest BCUT2D eigenvalue weighted by molar-refractivity contribution is 0.885. The third-order valence-corrected chi connectivity index (χ3v) is 3.24. The molecule has 1 aromatic rings. The normalized spacial score (nSPS) is 14.6. The lowest BCUT2D eigenvalue weighted by Gasteiger charge is -2.07. The molecule has 0 amide bonds.